The fourth-order valence-electron chi connectivity index (χ4n) is 2.39. The summed E-state index contributed by atoms with van der Waals surface area (Å²) in [6.45, 7) is 3.80. The summed E-state index contributed by atoms with van der Waals surface area (Å²) in [6.07, 6.45) is 1.39. The molecule has 0 aliphatic rings. The van der Waals surface area contributed by atoms with Crippen LogP contribution in [-0.4, -0.2) is 22.8 Å². The maximum Gasteiger partial charge on any atom is 0.295 e. The Hall–Kier alpha value is -2.90. The van der Waals surface area contributed by atoms with Crippen molar-refractivity contribution in [1.29, 1.82) is 0 Å². The van der Waals surface area contributed by atoms with Crippen molar-refractivity contribution >= 4 is 22.8 Å². The molecule has 3 rings (SSSR count). The summed E-state index contributed by atoms with van der Waals surface area (Å²) in [7, 11) is -4.40. The van der Waals surface area contributed by atoms with Crippen molar-refractivity contribution in [1.82, 2.24) is 9.78 Å². The van der Waals surface area contributed by atoms with Crippen molar-refractivity contribution < 1.29 is 13.0 Å². The van der Waals surface area contributed by atoms with Gasteiger partial charge in [0, 0.05) is 0 Å². The van der Waals surface area contributed by atoms with Crippen molar-refractivity contribution in [3.05, 3.63) is 81.1 Å². The molecule has 0 atom stereocenters. The van der Waals surface area contributed by atoms with Gasteiger partial charge < -0.3 is 0 Å². The van der Waals surface area contributed by atoms with Gasteiger partial charge in [-0.05, 0) is 29.8 Å². The van der Waals surface area contributed by atoms with Crippen LogP contribution in [0.15, 0.2) is 64.3 Å². The second kappa shape index (κ2) is 5.95. The molecule has 0 unspecified atom stereocenters. The van der Waals surface area contributed by atoms with Gasteiger partial charge in [0.15, 0.2) is 0 Å². The van der Waals surface area contributed by atoms with Crippen LogP contribution in [0.3, 0.4) is 0 Å². The number of hydrogen-bond acceptors (Lipinski definition) is 3. The molecule has 7 heteroatoms. The molecule has 0 saturated heterocycles. The zero-order valence-corrected chi connectivity index (χ0v) is 13.3. The molecule has 6 nitrogen and oxygen atoms in total. The summed E-state index contributed by atoms with van der Waals surface area (Å²) < 4.78 is 33.6. The zero-order valence-electron chi connectivity index (χ0n) is 12.5. The highest BCUT2D eigenvalue weighted by Gasteiger charge is 2.13. The lowest BCUT2D eigenvalue weighted by molar-refractivity contribution is 0.483. The van der Waals surface area contributed by atoms with Crippen LogP contribution >= 0.6 is 0 Å². The Kier molecular flexibility index (Phi) is 3.96. The first-order valence-corrected chi connectivity index (χ1v) is 8.45. The van der Waals surface area contributed by atoms with E-state index in [2.05, 4.69) is 11.7 Å². The van der Waals surface area contributed by atoms with Crippen molar-refractivity contribution in [2.75, 3.05) is 0 Å². The topological polar surface area (TPSA) is 92.2 Å². The van der Waals surface area contributed by atoms with Gasteiger partial charge in [-0.15, -0.1) is 0 Å². The number of hydrogen-bond donors (Lipinski definition) is 2. The van der Waals surface area contributed by atoms with E-state index < -0.39 is 10.1 Å². The van der Waals surface area contributed by atoms with Gasteiger partial charge in [0.25, 0.3) is 15.7 Å². The molecule has 3 aromatic rings. The van der Waals surface area contributed by atoms with Crippen LogP contribution in [0.1, 0.15) is 5.56 Å². The van der Waals surface area contributed by atoms with Gasteiger partial charge in [0.05, 0.1) is 16.3 Å². The standard InChI is InChI=1S/C17H14N2O4S/c1-12-15(11-13-7-5-6-10-16(13)24(21,22)23)17(20)19(18-12)14-8-3-2-4-9-14/h2-11,18H,1H2,(H,21,22,23). The van der Waals surface area contributed by atoms with Gasteiger partial charge in [0.2, 0.25) is 0 Å². The first-order valence-electron chi connectivity index (χ1n) is 7.01. The van der Waals surface area contributed by atoms with E-state index in [0.29, 0.717) is 11.0 Å². The summed E-state index contributed by atoms with van der Waals surface area (Å²) in [5.41, 5.74) is 0.479. The van der Waals surface area contributed by atoms with Crippen molar-refractivity contribution in [2.24, 2.45) is 0 Å². The quantitative estimate of drug-likeness (QED) is 0.684. The van der Waals surface area contributed by atoms with Crippen LogP contribution in [0.2, 0.25) is 0 Å². The molecule has 1 heterocycles. The number of para-hydroxylation sites is 1. The van der Waals surface area contributed by atoms with Gasteiger partial charge >= 0.3 is 0 Å². The third-order valence-corrected chi connectivity index (χ3v) is 4.44. The highest BCUT2D eigenvalue weighted by atomic mass is 32.2. The smallest absolute Gasteiger partial charge is 0.291 e. The van der Waals surface area contributed by atoms with E-state index in [-0.39, 0.29) is 21.2 Å². The van der Waals surface area contributed by atoms with E-state index in [1.54, 1.807) is 30.3 Å². The number of nitrogens with one attached hydrogen (secondary N) is 1. The first kappa shape index (κ1) is 16.0. The molecule has 0 bridgehead atoms. The van der Waals surface area contributed by atoms with Gasteiger partial charge in [0.1, 0.15) is 4.90 Å². The fraction of sp³-hybridized carbons (Fsp3) is 0. The molecule has 2 N–H and O–H groups in total. The van der Waals surface area contributed by atoms with E-state index >= 15 is 0 Å². The summed E-state index contributed by atoms with van der Waals surface area (Å²) in [5, 5.41) is 3.42. The van der Waals surface area contributed by atoms with Gasteiger partial charge in [-0.2, -0.15) is 8.42 Å². The molecular weight excluding hydrogens is 328 g/mol. The lowest BCUT2D eigenvalue weighted by atomic mass is 10.2. The Labute approximate surface area is 137 Å². The molecule has 0 radical (unpaired) electrons. The average molecular weight is 342 g/mol. The lowest BCUT2D eigenvalue weighted by Gasteiger charge is -2.01. The minimum absolute atomic E-state index is 0.209. The molecular formula is C17H14N2O4S. The van der Waals surface area contributed by atoms with Crippen LogP contribution in [0.4, 0.5) is 0 Å². The molecule has 0 saturated carbocycles. The Morgan fingerprint density at radius 1 is 1.04 bits per heavy atom. The predicted octanol–water partition coefficient (Wildman–Crippen LogP) is 0.651. The Morgan fingerprint density at radius 2 is 1.67 bits per heavy atom. The normalized spacial score (nSPS) is 12.5. The van der Waals surface area contributed by atoms with Gasteiger partial charge in [-0.25, -0.2) is 4.68 Å². The second-order valence-electron chi connectivity index (χ2n) is 5.14. The summed E-state index contributed by atoms with van der Waals surface area (Å²) >= 11 is 0. The summed E-state index contributed by atoms with van der Waals surface area (Å²) in [6, 6.07) is 14.8. The number of benzene rings is 2. The maximum atomic E-state index is 12.6. The van der Waals surface area contributed by atoms with Crippen LogP contribution in [0.25, 0.3) is 18.3 Å². The third-order valence-electron chi connectivity index (χ3n) is 3.52. The van der Waals surface area contributed by atoms with Crippen molar-refractivity contribution in [3.8, 4) is 5.69 Å². The molecule has 24 heavy (non-hydrogen) atoms. The van der Waals surface area contributed by atoms with Crippen LogP contribution < -0.4 is 16.1 Å². The zero-order chi connectivity index (χ0) is 17.3. The van der Waals surface area contributed by atoms with E-state index in [4.69, 9.17) is 0 Å². The monoisotopic (exact) mass is 342 g/mol. The van der Waals surface area contributed by atoms with E-state index in [9.17, 15) is 17.8 Å². The highest BCUT2D eigenvalue weighted by Crippen LogP contribution is 2.15. The number of nitrogens with zero attached hydrogens (tertiary/aromatic N) is 1. The minimum Gasteiger partial charge on any atom is -0.291 e. The molecule has 0 aliphatic heterocycles. The fourth-order valence-corrected chi connectivity index (χ4v) is 3.07. The molecule has 0 amide bonds. The largest absolute Gasteiger partial charge is 0.295 e. The first-order chi connectivity index (χ1) is 11.4. The summed E-state index contributed by atoms with van der Waals surface area (Å²) in [4.78, 5) is 12.3. The highest BCUT2D eigenvalue weighted by molar-refractivity contribution is 7.85. The second-order valence-corrected chi connectivity index (χ2v) is 6.53. The third kappa shape index (κ3) is 2.94. The lowest BCUT2D eigenvalue weighted by Crippen LogP contribution is -2.34. The number of rotatable bonds is 3. The molecule has 0 aliphatic carbocycles. The Balaban J connectivity index is 2.27. The average Bonchev–Trinajstić information content (AvgIpc) is 2.83. The molecule has 0 spiro atoms. The number of aromatic nitrogens is 2. The molecule has 1 aromatic heterocycles. The van der Waals surface area contributed by atoms with E-state index in [0.717, 1.165) is 0 Å². The van der Waals surface area contributed by atoms with Crippen LogP contribution in [-0.2, 0) is 10.1 Å². The number of H-pyrrole nitrogens is 1. The van der Waals surface area contributed by atoms with Crippen molar-refractivity contribution in [2.45, 2.75) is 4.90 Å². The van der Waals surface area contributed by atoms with Gasteiger partial charge in [-0.3, -0.25) is 14.4 Å². The summed E-state index contributed by atoms with van der Waals surface area (Å²) in [5.74, 6) is 0. The van der Waals surface area contributed by atoms with Crippen molar-refractivity contribution in [3.63, 3.8) is 0 Å². The van der Waals surface area contributed by atoms with Crippen LogP contribution in [0.5, 0.6) is 0 Å². The molecule has 2 aromatic carbocycles. The maximum absolute atomic E-state index is 12.6. The Bertz CT molecular complexity index is 1160. The SMILES string of the molecule is C=c1[nH]n(-c2ccccc2)c(=O)c1=Cc1ccccc1S(=O)(=O)O. The van der Waals surface area contributed by atoms with E-state index in [1.807, 2.05) is 6.07 Å². The predicted molar refractivity (Wildman–Crippen MR) is 91.0 cm³/mol. The van der Waals surface area contributed by atoms with E-state index in [1.165, 1.54) is 29.0 Å². The Morgan fingerprint density at radius 3 is 2.33 bits per heavy atom. The van der Waals surface area contributed by atoms with Gasteiger partial charge in [-0.1, -0.05) is 43.0 Å². The molecule has 0 fully saturated rings. The minimum atomic E-state index is -4.40. The molecule has 122 valence electrons. The number of aromatic amines is 1. The van der Waals surface area contributed by atoms with Crippen LogP contribution in [0, 0.1) is 0 Å².